The van der Waals surface area contributed by atoms with Gasteiger partial charge in [-0.3, -0.25) is 9.55 Å². The molecule has 0 radical (unpaired) electrons. The number of imidazole rings is 1. The minimum atomic E-state index is 0.401. The first kappa shape index (κ1) is 17.1. The second-order valence-corrected chi connectivity index (χ2v) is 6.62. The molecule has 0 saturated carbocycles. The van der Waals surface area contributed by atoms with Crippen LogP contribution in [0.3, 0.4) is 0 Å². The summed E-state index contributed by atoms with van der Waals surface area (Å²) in [4.78, 5) is 8.70. The molecule has 0 atom stereocenters. The average Bonchev–Trinajstić information content (AvgIpc) is 3.39. The number of para-hydroxylation sites is 2. The van der Waals surface area contributed by atoms with Crippen LogP contribution >= 0.6 is 0 Å². The van der Waals surface area contributed by atoms with Crippen LogP contribution in [0.15, 0.2) is 79.4 Å². The molecule has 7 heteroatoms. The molecule has 0 amide bonds. The molecule has 0 aliphatic heterocycles. The molecule has 5 aromatic rings. The van der Waals surface area contributed by atoms with Crippen molar-refractivity contribution in [2.45, 2.75) is 6.61 Å². The van der Waals surface area contributed by atoms with E-state index in [4.69, 9.17) is 4.74 Å². The number of benzene rings is 2. The van der Waals surface area contributed by atoms with Gasteiger partial charge in [-0.2, -0.15) is 0 Å². The number of ether oxygens (including phenoxy) is 1. The van der Waals surface area contributed by atoms with Gasteiger partial charge in [0.25, 0.3) is 0 Å². The van der Waals surface area contributed by atoms with Crippen molar-refractivity contribution in [2.24, 2.45) is 7.05 Å². The third kappa shape index (κ3) is 3.23. The normalized spacial score (nSPS) is 11.1. The van der Waals surface area contributed by atoms with Gasteiger partial charge in [-0.05, 0) is 48.5 Å². The molecule has 0 bridgehead atoms. The van der Waals surface area contributed by atoms with Gasteiger partial charge in [-0.25, -0.2) is 4.98 Å². The summed E-state index contributed by atoms with van der Waals surface area (Å²) in [6.07, 6.45) is 5.19. The Morgan fingerprint density at radius 1 is 0.931 bits per heavy atom. The van der Waals surface area contributed by atoms with Crippen LogP contribution in [0.4, 0.5) is 0 Å². The van der Waals surface area contributed by atoms with Crippen molar-refractivity contribution in [1.82, 2.24) is 29.3 Å². The summed E-state index contributed by atoms with van der Waals surface area (Å²) < 4.78 is 9.94. The molecule has 0 spiro atoms. The number of aryl methyl sites for hydroxylation is 1. The minimum absolute atomic E-state index is 0.401. The van der Waals surface area contributed by atoms with Crippen LogP contribution in [0.1, 0.15) is 5.82 Å². The highest BCUT2D eigenvalue weighted by atomic mass is 16.5. The van der Waals surface area contributed by atoms with Gasteiger partial charge in [0.05, 0.1) is 16.7 Å². The van der Waals surface area contributed by atoms with Crippen LogP contribution in [0.25, 0.3) is 28.1 Å². The minimum Gasteiger partial charge on any atom is -0.486 e. The van der Waals surface area contributed by atoms with Crippen LogP contribution in [0.2, 0.25) is 0 Å². The average molecular weight is 382 g/mol. The third-order valence-corrected chi connectivity index (χ3v) is 4.85. The highest BCUT2D eigenvalue weighted by Gasteiger charge is 2.10. The number of aromatic nitrogens is 6. The quantitative estimate of drug-likeness (QED) is 0.462. The number of fused-ring (bicyclic) bond motifs is 1. The van der Waals surface area contributed by atoms with Gasteiger partial charge in [0.15, 0.2) is 5.82 Å². The molecule has 0 aliphatic carbocycles. The zero-order valence-electron chi connectivity index (χ0n) is 15.8. The number of hydrogen-bond acceptors (Lipinski definition) is 5. The standard InChI is InChI=1S/C22H18N6O/c1-27-20-5-3-2-4-19(20)25-21(27)14-29-18-8-6-16(7-9-18)22-26-24-15-28(22)17-10-12-23-13-11-17/h2-13,15H,14H2,1H3. The molecule has 0 aliphatic rings. The van der Waals surface area contributed by atoms with E-state index in [2.05, 4.69) is 30.8 Å². The number of rotatable bonds is 5. The largest absolute Gasteiger partial charge is 0.486 e. The maximum atomic E-state index is 5.96. The predicted octanol–water partition coefficient (Wildman–Crippen LogP) is 3.80. The second-order valence-electron chi connectivity index (χ2n) is 6.62. The van der Waals surface area contributed by atoms with Crippen molar-refractivity contribution in [1.29, 1.82) is 0 Å². The van der Waals surface area contributed by atoms with Crippen LogP contribution in [-0.2, 0) is 13.7 Å². The molecule has 0 unspecified atom stereocenters. The van der Waals surface area contributed by atoms with Crippen molar-refractivity contribution < 1.29 is 4.74 Å². The predicted molar refractivity (Wildman–Crippen MR) is 110 cm³/mol. The Morgan fingerprint density at radius 3 is 2.52 bits per heavy atom. The fourth-order valence-electron chi connectivity index (χ4n) is 3.30. The Labute approximate surface area is 167 Å². The Bertz CT molecular complexity index is 1260. The Balaban J connectivity index is 1.35. The zero-order valence-corrected chi connectivity index (χ0v) is 15.8. The maximum absolute atomic E-state index is 5.96. The fourth-order valence-corrected chi connectivity index (χ4v) is 3.30. The lowest BCUT2D eigenvalue weighted by atomic mass is 10.2. The third-order valence-electron chi connectivity index (χ3n) is 4.85. The maximum Gasteiger partial charge on any atom is 0.168 e. The molecule has 5 rings (SSSR count). The van der Waals surface area contributed by atoms with Crippen molar-refractivity contribution in [3.8, 4) is 22.8 Å². The molecular weight excluding hydrogens is 364 g/mol. The Hall–Kier alpha value is -4.00. The van der Waals surface area contributed by atoms with Gasteiger partial charge in [-0.1, -0.05) is 12.1 Å². The highest BCUT2D eigenvalue weighted by molar-refractivity contribution is 5.75. The zero-order chi connectivity index (χ0) is 19.6. The van der Waals surface area contributed by atoms with Gasteiger partial charge < -0.3 is 9.30 Å². The van der Waals surface area contributed by atoms with Gasteiger partial charge >= 0.3 is 0 Å². The SMILES string of the molecule is Cn1c(COc2ccc(-c3nncn3-c3ccncc3)cc2)nc2ccccc21. The lowest BCUT2D eigenvalue weighted by Gasteiger charge is -2.09. The van der Waals surface area contributed by atoms with Crippen molar-refractivity contribution in [3.05, 3.63) is 85.2 Å². The van der Waals surface area contributed by atoms with Crippen molar-refractivity contribution >= 4 is 11.0 Å². The number of hydrogen-bond donors (Lipinski definition) is 0. The summed E-state index contributed by atoms with van der Waals surface area (Å²) >= 11 is 0. The molecular formula is C22H18N6O. The van der Waals surface area contributed by atoms with Gasteiger partial charge in [0.1, 0.15) is 24.5 Å². The summed E-state index contributed by atoms with van der Waals surface area (Å²) in [5.41, 5.74) is 3.98. The van der Waals surface area contributed by atoms with Crippen LogP contribution < -0.4 is 4.74 Å². The molecule has 0 N–H and O–H groups in total. The topological polar surface area (TPSA) is 70.7 Å². The van der Waals surface area contributed by atoms with E-state index in [1.165, 1.54) is 0 Å². The second kappa shape index (κ2) is 7.20. The molecule has 3 aromatic heterocycles. The first-order valence-electron chi connectivity index (χ1n) is 9.23. The van der Waals surface area contributed by atoms with E-state index in [0.29, 0.717) is 6.61 Å². The van der Waals surface area contributed by atoms with Gasteiger partial charge in [0, 0.05) is 25.0 Å². The van der Waals surface area contributed by atoms with E-state index < -0.39 is 0 Å². The highest BCUT2D eigenvalue weighted by Crippen LogP contribution is 2.24. The summed E-state index contributed by atoms with van der Waals surface area (Å²) in [6.45, 7) is 0.401. The summed E-state index contributed by atoms with van der Waals surface area (Å²) in [5, 5.41) is 8.31. The van der Waals surface area contributed by atoms with E-state index in [1.807, 2.05) is 66.2 Å². The molecule has 142 valence electrons. The van der Waals surface area contributed by atoms with E-state index in [9.17, 15) is 0 Å². The number of pyridine rings is 1. The summed E-state index contributed by atoms with van der Waals surface area (Å²) in [7, 11) is 2.00. The molecule has 3 heterocycles. The van der Waals surface area contributed by atoms with E-state index in [0.717, 1.165) is 39.7 Å². The van der Waals surface area contributed by atoms with Gasteiger partial charge in [-0.15, -0.1) is 10.2 Å². The van der Waals surface area contributed by atoms with E-state index >= 15 is 0 Å². The van der Waals surface area contributed by atoms with Crippen LogP contribution in [-0.4, -0.2) is 29.3 Å². The van der Waals surface area contributed by atoms with E-state index in [1.54, 1.807) is 18.7 Å². The first-order chi connectivity index (χ1) is 14.3. The first-order valence-corrected chi connectivity index (χ1v) is 9.23. The fraction of sp³-hybridized carbons (Fsp3) is 0.0909. The monoisotopic (exact) mass is 382 g/mol. The Kier molecular flexibility index (Phi) is 4.25. The molecule has 2 aromatic carbocycles. The van der Waals surface area contributed by atoms with Crippen molar-refractivity contribution in [2.75, 3.05) is 0 Å². The molecule has 0 saturated heterocycles. The lowest BCUT2D eigenvalue weighted by molar-refractivity contribution is 0.292. The van der Waals surface area contributed by atoms with Crippen molar-refractivity contribution in [3.63, 3.8) is 0 Å². The summed E-state index contributed by atoms with van der Waals surface area (Å²) in [6, 6.07) is 19.7. The van der Waals surface area contributed by atoms with Crippen LogP contribution in [0, 0.1) is 0 Å². The Morgan fingerprint density at radius 2 is 1.72 bits per heavy atom. The smallest absolute Gasteiger partial charge is 0.168 e. The molecule has 29 heavy (non-hydrogen) atoms. The number of nitrogens with zero attached hydrogens (tertiary/aromatic N) is 6. The molecule has 7 nitrogen and oxygen atoms in total. The van der Waals surface area contributed by atoms with Gasteiger partial charge in [0.2, 0.25) is 0 Å². The summed E-state index contributed by atoms with van der Waals surface area (Å²) in [5.74, 6) is 2.42. The van der Waals surface area contributed by atoms with E-state index in [-0.39, 0.29) is 0 Å². The van der Waals surface area contributed by atoms with Crippen LogP contribution in [0.5, 0.6) is 5.75 Å². The lowest BCUT2D eigenvalue weighted by Crippen LogP contribution is -2.03. The molecule has 0 fully saturated rings.